The Hall–Kier alpha value is -1.71. The summed E-state index contributed by atoms with van der Waals surface area (Å²) in [6, 6.07) is 5.65. The smallest absolute Gasteiger partial charge is 0.191 e. The minimum absolute atomic E-state index is 0.0137. The average molecular weight is 221 g/mol. The maximum Gasteiger partial charge on any atom is 0.191 e. The van der Waals surface area contributed by atoms with Crippen molar-refractivity contribution in [3.63, 3.8) is 0 Å². The highest BCUT2D eigenvalue weighted by Gasteiger charge is 2.19. The molecular formula is C12H19N3O. The third-order valence-corrected chi connectivity index (χ3v) is 2.25. The van der Waals surface area contributed by atoms with Crippen LogP contribution in [-0.2, 0) is 5.41 Å². The number of nitrogens with two attached hydrogens (primary N) is 2. The van der Waals surface area contributed by atoms with Crippen molar-refractivity contribution in [2.45, 2.75) is 26.2 Å². The summed E-state index contributed by atoms with van der Waals surface area (Å²) in [5, 5.41) is 0. The molecule has 0 heterocycles. The predicted molar refractivity (Wildman–Crippen MR) is 67.2 cm³/mol. The van der Waals surface area contributed by atoms with E-state index in [0.29, 0.717) is 0 Å². The molecule has 88 valence electrons. The molecule has 0 aliphatic heterocycles. The topological polar surface area (TPSA) is 73.6 Å². The number of aliphatic imine (C=N–C) groups is 1. The van der Waals surface area contributed by atoms with Gasteiger partial charge >= 0.3 is 0 Å². The molecule has 0 saturated carbocycles. The second-order valence-corrected chi connectivity index (χ2v) is 4.67. The van der Waals surface area contributed by atoms with E-state index < -0.39 is 0 Å². The van der Waals surface area contributed by atoms with Crippen molar-refractivity contribution in [1.29, 1.82) is 0 Å². The van der Waals surface area contributed by atoms with Crippen molar-refractivity contribution in [2.75, 3.05) is 7.11 Å². The zero-order valence-corrected chi connectivity index (χ0v) is 10.2. The SMILES string of the molecule is COc1ccc(N=C(N)N)cc1C(C)(C)C. The molecule has 0 radical (unpaired) electrons. The van der Waals surface area contributed by atoms with Crippen molar-refractivity contribution in [1.82, 2.24) is 0 Å². The summed E-state index contributed by atoms with van der Waals surface area (Å²) >= 11 is 0. The van der Waals surface area contributed by atoms with E-state index in [0.717, 1.165) is 17.0 Å². The summed E-state index contributed by atoms with van der Waals surface area (Å²) in [4.78, 5) is 4.03. The second-order valence-electron chi connectivity index (χ2n) is 4.67. The first-order chi connectivity index (χ1) is 7.34. The fourth-order valence-corrected chi connectivity index (χ4v) is 1.50. The van der Waals surface area contributed by atoms with Crippen LogP contribution in [0.15, 0.2) is 23.2 Å². The van der Waals surface area contributed by atoms with Gasteiger partial charge in [-0.1, -0.05) is 20.8 Å². The third-order valence-electron chi connectivity index (χ3n) is 2.25. The van der Waals surface area contributed by atoms with Gasteiger partial charge in [-0.25, -0.2) is 4.99 Å². The van der Waals surface area contributed by atoms with Crippen molar-refractivity contribution >= 4 is 11.6 Å². The van der Waals surface area contributed by atoms with Crippen LogP contribution in [0.1, 0.15) is 26.3 Å². The standard InChI is InChI=1S/C12H19N3O/c1-12(2,3)9-7-8(15-11(13)14)5-6-10(9)16-4/h5-7H,1-4H3,(H4,13,14,15). The Labute approximate surface area is 96.3 Å². The molecule has 0 bridgehead atoms. The van der Waals surface area contributed by atoms with E-state index in [1.54, 1.807) is 7.11 Å². The molecule has 4 N–H and O–H groups in total. The number of benzene rings is 1. The molecule has 0 unspecified atom stereocenters. The van der Waals surface area contributed by atoms with E-state index >= 15 is 0 Å². The van der Waals surface area contributed by atoms with Crippen LogP contribution >= 0.6 is 0 Å². The molecule has 0 aliphatic rings. The molecule has 16 heavy (non-hydrogen) atoms. The summed E-state index contributed by atoms with van der Waals surface area (Å²) in [5.74, 6) is 0.909. The van der Waals surface area contributed by atoms with Gasteiger partial charge < -0.3 is 16.2 Å². The predicted octanol–water partition coefficient (Wildman–Crippen LogP) is 1.90. The molecule has 0 amide bonds. The highest BCUT2D eigenvalue weighted by molar-refractivity contribution is 5.79. The van der Waals surface area contributed by atoms with Gasteiger partial charge in [0.15, 0.2) is 5.96 Å². The molecule has 1 aromatic carbocycles. The van der Waals surface area contributed by atoms with Gasteiger partial charge in [-0.15, -0.1) is 0 Å². The zero-order valence-electron chi connectivity index (χ0n) is 10.2. The molecule has 1 aromatic rings. The Bertz CT molecular complexity index is 401. The fourth-order valence-electron chi connectivity index (χ4n) is 1.50. The molecule has 0 fully saturated rings. The lowest BCUT2D eigenvalue weighted by Crippen LogP contribution is -2.22. The Balaban J connectivity index is 3.27. The van der Waals surface area contributed by atoms with E-state index in [4.69, 9.17) is 16.2 Å². The van der Waals surface area contributed by atoms with Crippen molar-refractivity contribution in [3.05, 3.63) is 23.8 Å². The molecule has 4 heteroatoms. The lowest BCUT2D eigenvalue weighted by atomic mass is 9.86. The van der Waals surface area contributed by atoms with E-state index in [-0.39, 0.29) is 11.4 Å². The molecule has 1 rings (SSSR count). The van der Waals surface area contributed by atoms with E-state index in [1.165, 1.54) is 0 Å². The van der Waals surface area contributed by atoms with Gasteiger partial charge in [-0.3, -0.25) is 0 Å². The number of hydrogen-bond donors (Lipinski definition) is 2. The quantitative estimate of drug-likeness (QED) is 0.591. The highest BCUT2D eigenvalue weighted by atomic mass is 16.5. The molecule has 0 atom stereocenters. The van der Waals surface area contributed by atoms with Gasteiger partial charge in [-0.2, -0.15) is 0 Å². The monoisotopic (exact) mass is 221 g/mol. The number of ether oxygens (including phenoxy) is 1. The molecule has 4 nitrogen and oxygen atoms in total. The van der Waals surface area contributed by atoms with Crippen molar-refractivity contribution in [3.8, 4) is 5.75 Å². The lowest BCUT2D eigenvalue weighted by molar-refractivity contribution is 0.397. The van der Waals surface area contributed by atoms with Crippen LogP contribution in [0.5, 0.6) is 5.75 Å². The maximum absolute atomic E-state index is 5.35. The summed E-state index contributed by atoms with van der Waals surface area (Å²) in [6.07, 6.45) is 0. The van der Waals surface area contributed by atoms with Crippen molar-refractivity contribution in [2.24, 2.45) is 16.5 Å². The average Bonchev–Trinajstić information content (AvgIpc) is 2.15. The lowest BCUT2D eigenvalue weighted by Gasteiger charge is -2.22. The van der Waals surface area contributed by atoms with E-state index in [1.807, 2.05) is 18.2 Å². The van der Waals surface area contributed by atoms with Gasteiger partial charge in [0.05, 0.1) is 12.8 Å². The largest absolute Gasteiger partial charge is 0.496 e. The number of hydrogen-bond acceptors (Lipinski definition) is 2. The van der Waals surface area contributed by atoms with Gasteiger partial charge in [0.25, 0.3) is 0 Å². The van der Waals surface area contributed by atoms with Crippen molar-refractivity contribution < 1.29 is 4.74 Å². The summed E-state index contributed by atoms with van der Waals surface area (Å²) < 4.78 is 5.32. The first kappa shape index (κ1) is 12.4. The Morgan fingerprint density at radius 3 is 2.31 bits per heavy atom. The molecule has 0 aliphatic carbocycles. The Kier molecular flexibility index (Phi) is 3.42. The van der Waals surface area contributed by atoms with Gasteiger partial charge in [0.2, 0.25) is 0 Å². The number of nitrogens with zero attached hydrogens (tertiary/aromatic N) is 1. The first-order valence-electron chi connectivity index (χ1n) is 5.12. The molecular weight excluding hydrogens is 202 g/mol. The van der Waals surface area contributed by atoms with Crippen LogP contribution in [0.2, 0.25) is 0 Å². The summed E-state index contributed by atoms with van der Waals surface area (Å²) in [5.41, 5.74) is 12.5. The minimum Gasteiger partial charge on any atom is -0.496 e. The van der Waals surface area contributed by atoms with Crippen LogP contribution in [0.3, 0.4) is 0 Å². The fraction of sp³-hybridized carbons (Fsp3) is 0.417. The van der Waals surface area contributed by atoms with Crippen LogP contribution in [0.4, 0.5) is 5.69 Å². The molecule has 0 spiro atoms. The Morgan fingerprint density at radius 2 is 1.88 bits per heavy atom. The van der Waals surface area contributed by atoms with Gasteiger partial charge in [-0.05, 0) is 23.6 Å². The molecule has 0 aromatic heterocycles. The first-order valence-corrected chi connectivity index (χ1v) is 5.12. The third kappa shape index (κ3) is 2.89. The zero-order chi connectivity index (χ0) is 12.3. The normalized spacial score (nSPS) is 11.0. The van der Waals surface area contributed by atoms with E-state index in [9.17, 15) is 0 Å². The molecule has 0 saturated heterocycles. The van der Waals surface area contributed by atoms with Crippen LogP contribution < -0.4 is 16.2 Å². The number of rotatable bonds is 2. The second kappa shape index (κ2) is 4.43. The number of guanidine groups is 1. The maximum atomic E-state index is 5.35. The summed E-state index contributed by atoms with van der Waals surface area (Å²) in [6.45, 7) is 6.35. The van der Waals surface area contributed by atoms with Gasteiger partial charge in [0.1, 0.15) is 5.75 Å². The van der Waals surface area contributed by atoms with Crippen LogP contribution in [-0.4, -0.2) is 13.1 Å². The van der Waals surface area contributed by atoms with E-state index in [2.05, 4.69) is 25.8 Å². The minimum atomic E-state index is -0.0137. The van der Waals surface area contributed by atoms with Crippen LogP contribution in [0.25, 0.3) is 0 Å². The highest BCUT2D eigenvalue weighted by Crippen LogP contribution is 2.34. The summed E-state index contributed by atoms with van der Waals surface area (Å²) in [7, 11) is 1.66. The number of methoxy groups -OCH3 is 1. The van der Waals surface area contributed by atoms with Gasteiger partial charge in [0, 0.05) is 5.56 Å². The Morgan fingerprint density at radius 1 is 1.25 bits per heavy atom. The van der Waals surface area contributed by atoms with Crippen LogP contribution in [0, 0.1) is 0 Å².